The molecular formula is C18H20Cl3NO4S2. The van der Waals surface area contributed by atoms with Crippen molar-refractivity contribution in [1.29, 1.82) is 0 Å². The van der Waals surface area contributed by atoms with E-state index < -0.39 is 26.1 Å². The van der Waals surface area contributed by atoms with Crippen molar-refractivity contribution >= 4 is 55.7 Å². The summed E-state index contributed by atoms with van der Waals surface area (Å²) in [6.07, 6.45) is 3.51. The quantitative estimate of drug-likeness (QED) is 0.590. The third-order valence-corrected chi connectivity index (χ3v) is 9.75. The normalized spacial score (nSPS) is 16.0. The molecule has 0 spiro atoms. The first-order valence-corrected chi connectivity index (χ1v) is 12.2. The zero-order valence-electron chi connectivity index (χ0n) is 14.8. The Kier molecular flexibility index (Phi) is 7.81. The molecule has 0 atom stereocenters. The molecule has 0 aromatic heterocycles. The Morgan fingerprint density at radius 3 is 1.89 bits per heavy atom. The van der Waals surface area contributed by atoms with Gasteiger partial charge in [0, 0.05) is 6.04 Å². The molecule has 2 aromatic carbocycles. The van der Waals surface area contributed by atoms with Crippen molar-refractivity contribution in [3.8, 4) is 0 Å². The van der Waals surface area contributed by atoms with Crippen LogP contribution in [0.15, 0.2) is 58.3 Å². The van der Waals surface area contributed by atoms with Crippen LogP contribution in [0.4, 0.5) is 0 Å². The van der Waals surface area contributed by atoms with Crippen LogP contribution < -0.4 is 0 Å². The fourth-order valence-electron chi connectivity index (χ4n) is 3.25. The summed E-state index contributed by atoms with van der Waals surface area (Å²) in [6, 6.07) is 10.8. The predicted octanol–water partition coefficient (Wildman–Crippen LogP) is 5.13. The Morgan fingerprint density at radius 1 is 0.750 bits per heavy atom. The van der Waals surface area contributed by atoms with E-state index in [1.807, 2.05) is 0 Å². The van der Waals surface area contributed by atoms with Gasteiger partial charge in [-0.1, -0.05) is 64.4 Å². The van der Waals surface area contributed by atoms with Gasteiger partial charge in [0.25, 0.3) is 20.0 Å². The van der Waals surface area contributed by atoms with Gasteiger partial charge in [-0.2, -0.15) is 0 Å². The molecule has 154 valence electrons. The van der Waals surface area contributed by atoms with Gasteiger partial charge in [-0.05, 0) is 43.2 Å². The molecule has 1 saturated carbocycles. The summed E-state index contributed by atoms with van der Waals surface area (Å²) in [5, 5.41) is 0.254. The molecule has 0 saturated heterocycles. The van der Waals surface area contributed by atoms with Crippen LogP contribution in [0.1, 0.15) is 32.1 Å². The van der Waals surface area contributed by atoms with Gasteiger partial charge in [0.05, 0.1) is 19.8 Å². The Bertz CT molecular complexity index is 1020. The average molecular weight is 485 g/mol. The van der Waals surface area contributed by atoms with E-state index in [1.165, 1.54) is 30.3 Å². The van der Waals surface area contributed by atoms with E-state index in [0.717, 1.165) is 19.3 Å². The molecule has 1 aliphatic rings. The van der Waals surface area contributed by atoms with E-state index >= 15 is 0 Å². The van der Waals surface area contributed by atoms with Crippen molar-refractivity contribution in [2.24, 2.45) is 0 Å². The lowest BCUT2D eigenvalue weighted by molar-refractivity contribution is 0.328. The molecule has 5 nitrogen and oxygen atoms in total. The third kappa shape index (κ3) is 4.66. The molecule has 0 aliphatic heterocycles. The van der Waals surface area contributed by atoms with Crippen LogP contribution in [0.3, 0.4) is 0 Å². The van der Waals surface area contributed by atoms with Gasteiger partial charge in [-0.3, -0.25) is 0 Å². The summed E-state index contributed by atoms with van der Waals surface area (Å²) < 4.78 is 54.0. The largest absolute Gasteiger partial charge is 0.256 e. The number of hydrogen-bond donors (Lipinski definition) is 0. The van der Waals surface area contributed by atoms with Crippen molar-refractivity contribution in [1.82, 2.24) is 3.71 Å². The van der Waals surface area contributed by atoms with Gasteiger partial charge in [0.2, 0.25) is 0 Å². The molecule has 0 unspecified atom stereocenters. The lowest BCUT2D eigenvalue weighted by atomic mass is 9.96. The SMILES string of the molecule is Cl.O=S(=O)(c1ccccc1)N(C1CCCCC1)S(=O)(=O)c1ccc(Cl)c(Cl)c1. The molecule has 1 fully saturated rings. The molecule has 0 N–H and O–H groups in total. The highest BCUT2D eigenvalue weighted by atomic mass is 35.5. The highest BCUT2D eigenvalue weighted by Gasteiger charge is 2.42. The van der Waals surface area contributed by atoms with Gasteiger partial charge >= 0.3 is 0 Å². The molecule has 2 aromatic rings. The van der Waals surface area contributed by atoms with Crippen molar-refractivity contribution in [3.05, 3.63) is 58.6 Å². The minimum absolute atomic E-state index is 0. The number of nitrogens with zero attached hydrogens (tertiary/aromatic N) is 1. The molecule has 3 rings (SSSR count). The first-order chi connectivity index (χ1) is 12.7. The number of rotatable bonds is 5. The Morgan fingerprint density at radius 2 is 1.32 bits per heavy atom. The maximum Gasteiger partial charge on any atom is 0.256 e. The van der Waals surface area contributed by atoms with E-state index in [0.29, 0.717) is 16.6 Å². The minimum atomic E-state index is -4.34. The van der Waals surface area contributed by atoms with E-state index in [4.69, 9.17) is 23.2 Å². The van der Waals surface area contributed by atoms with Crippen LogP contribution in [0, 0.1) is 0 Å². The first kappa shape index (κ1) is 23.4. The van der Waals surface area contributed by atoms with Gasteiger partial charge in [-0.25, -0.2) is 16.8 Å². The van der Waals surface area contributed by atoms with Crippen LogP contribution in [0.25, 0.3) is 0 Å². The molecule has 28 heavy (non-hydrogen) atoms. The highest BCUT2D eigenvalue weighted by Crippen LogP contribution is 2.34. The van der Waals surface area contributed by atoms with E-state index in [1.54, 1.807) is 18.2 Å². The van der Waals surface area contributed by atoms with Gasteiger partial charge < -0.3 is 0 Å². The highest BCUT2D eigenvalue weighted by molar-refractivity contribution is 8.04. The number of benzene rings is 2. The number of hydrogen-bond acceptors (Lipinski definition) is 4. The summed E-state index contributed by atoms with van der Waals surface area (Å²) in [5.74, 6) is 0. The maximum atomic E-state index is 13.4. The van der Waals surface area contributed by atoms with Crippen LogP contribution in [-0.2, 0) is 20.0 Å². The van der Waals surface area contributed by atoms with E-state index in [-0.39, 0.29) is 32.2 Å². The summed E-state index contributed by atoms with van der Waals surface area (Å²) in [6.45, 7) is 0. The second-order valence-electron chi connectivity index (χ2n) is 6.42. The van der Waals surface area contributed by atoms with E-state index in [2.05, 4.69) is 0 Å². The van der Waals surface area contributed by atoms with Crippen molar-refractivity contribution in [2.75, 3.05) is 0 Å². The second-order valence-corrected chi connectivity index (χ2v) is 11.1. The van der Waals surface area contributed by atoms with E-state index in [9.17, 15) is 16.8 Å². The van der Waals surface area contributed by atoms with Crippen LogP contribution >= 0.6 is 35.6 Å². The van der Waals surface area contributed by atoms with Crippen molar-refractivity contribution in [2.45, 2.75) is 47.9 Å². The molecule has 10 heteroatoms. The van der Waals surface area contributed by atoms with Crippen LogP contribution in [0.2, 0.25) is 10.0 Å². The van der Waals surface area contributed by atoms with Crippen LogP contribution in [-0.4, -0.2) is 26.6 Å². The zero-order valence-corrected chi connectivity index (χ0v) is 18.8. The Labute approximate surface area is 182 Å². The third-order valence-electron chi connectivity index (χ3n) is 4.58. The zero-order chi connectivity index (χ0) is 19.7. The van der Waals surface area contributed by atoms with Gasteiger partial charge in [0.1, 0.15) is 0 Å². The Balaban J connectivity index is 0.00000280. The molecule has 0 radical (unpaired) electrons. The summed E-state index contributed by atoms with van der Waals surface area (Å²) in [4.78, 5) is -0.249. The van der Waals surface area contributed by atoms with Crippen molar-refractivity contribution < 1.29 is 16.8 Å². The summed E-state index contributed by atoms with van der Waals surface area (Å²) in [7, 11) is -8.60. The molecule has 0 amide bonds. The van der Waals surface area contributed by atoms with Gasteiger partial charge in [-0.15, -0.1) is 12.4 Å². The molecule has 0 bridgehead atoms. The number of halogens is 3. The predicted molar refractivity (Wildman–Crippen MR) is 113 cm³/mol. The standard InChI is InChI=1S/C18H19Cl2NO4S2.ClH/c19-17-12-11-16(13-18(17)20)27(24,25)21(14-7-3-1-4-8-14)26(22,23)15-9-5-2-6-10-15;/h2,5-6,9-14H,1,3-4,7-8H2;1H. The topological polar surface area (TPSA) is 71.5 Å². The van der Waals surface area contributed by atoms with Crippen LogP contribution in [0.5, 0.6) is 0 Å². The van der Waals surface area contributed by atoms with Gasteiger partial charge in [0.15, 0.2) is 0 Å². The van der Waals surface area contributed by atoms with Crippen molar-refractivity contribution in [3.63, 3.8) is 0 Å². The number of sulfonamides is 2. The smallest absolute Gasteiger partial charge is 0.206 e. The first-order valence-electron chi connectivity index (χ1n) is 8.54. The minimum Gasteiger partial charge on any atom is -0.206 e. The maximum absolute atomic E-state index is 13.4. The lowest BCUT2D eigenvalue weighted by Gasteiger charge is -2.32. The summed E-state index contributed by atoms with van der Waals surface area (Å²) in [5.41, 5.74) is 0. The second kappa shape index (κ2) is 9.32. The molecular weight excluding hydrogens is 465 g/mol. The lowest BCUT2D eigenvalue weighted by Crippen LogP contribution is -2.45. The monoisotopic (exact) mass is 483 g/mol. The Hall–Kier alpha value is -0.830. The average Bonchev–Trinajstić information content (AvgIpc) is 2.65. The fraction of sp³-hybridized carbons (Fsp3) is 0.333. The fourth-order valence-corrected chi connectivity index (χ4v) is 7.79. The summed E-state index contributed by atoms with van der Waals surface area (Å²) >= 11 is 11.9. The molecule has 1 aliphatic carbocycles. The molecule has 0 heterocycles.